The lowest BCUT2D eigenvalue weighted by atomic mass is 10.1. The van der Waals surface area contributed by atoms with E-state index in [-0.39, 0.29) is 0 Å². The van der Waals surface area contributed by atoms with Crippen LogP contribution in [0.2, 0.25) is 0 Å². The zero-order valence-electron chi connectivity index (χ0n) is 12.8. The van der Waals surface area contributed by atoms with Crippen LogP contribution in [0.4, 0.5) is 0 Å². The third kappa shape index (κ3) is 2.97. The molecule has 3 aromatic rings. The van der Waals surface area contributed by atoms with Crippen molar-refractivity contribution < 1.29 is 5.11 Å². The fourth-order valence-corrected chi connectivity index (χ4v) is 3.02. The topological polar surface area (TPSA) is 81.7 Å². The van der Waals surface area contributed by atoms with Crippen molar-refractivity contribution in [1.82, 2.24) is 29.8 Å². The van der Waals surface area contributed by atoms with E-state index in [1.54, 1.807) is 18.1 Å². The maximum absolute atomic E-state index is 10.2. The second kappa shape index (κ2) is 6.05. The second-order valence-electron chi connectivity index (χ2n) is 5.37. The van der Waals surface area contributed by atoms with Crippen molar-refractivity contribution in [2.75, 3.05) is 5.75 Å². The first-order valence-electron chi connectivity index (χ1n) is 7.00. The first kappa shape index (κ1) is 15.0. The molecule has 0 radical (unpaired) electrons. The van der Waals surface area contributed by atoms with E-state index in [0.29, 0.717) is 17.5 Å². The Kier molecular flexibility index (Phi) is 4.12. The van der Waals surface area contributed by atoms with Crippen molar-refractivity contribution in [3.63, 3.8) is 0 Å². The number of aliphatic hydroxyl groups excluding tert-OH is 1. The van der Waals surface area contributed by atoms with Gasteiger partial charge in [-0.05, 0) is 47.5 Å². The van der Waals surface area contributed by atoms with Crippen molar-refractivity contribution in [1.29, 1.82) is 0 Å². The van der Waals surface area contributed by atoms with Crippen molar-refractivity contribution in [2.24, 2.45) is 7.05 Å². The molecule has 1 unspecified atom stereocenters. The van der Waals surface area contributed by atoms with E-state index in [0.717, 1.165) is 11.0 Å². The molecular formula is C14H18N6OS. The summed E-state index contributed by atoms with van der Waals surface area (Å²) < 4.78 is 3.58. The normalized spacial score (nSPS) is 12.9. The smallest absolute Gasteiger partial charge is 0.209 e. The molecule has 0 spiro atoms. The summed E-state index contributed by atoms with van der Waals surface area (Å²) in [6.07, 6.45) is 1.28. The number of benzene rings is 1. The van der Waals surface area contributed by atoms with Gasteiger partial charge >= 0.3 is 0 Å². The Morgan fingerprint density at radius 2 is 2.05 bits per heavy atom. The van der Waals surface area contributed by atoms with Gasteiger partial charge in [-0.25, -0.2) is 9.67 Å². The molecule has 1 N–H and O–H groups in total. The van der Waals surface area contributed by atoms with Crippen LogP contribution in [0.15, 0.2) is 23.6 Å². The largest absolute Gasteiger partial charge is 0.390 e. The van der Waals surface area contributed by atoms with E-state index in [1.807, 2.05) is 4.57 Å². The van der Waals surface area contributed by atoms with Gasteiger partial charge in [0.15, 0.2) is 0 Å². The van der Waals surface area contributed by atoms with Gasteiger partial charge in [0.1, 0.15) is 0 Å². The lowest BCUT2D eigenvalue weighted by molar-refractivity contribution is 0.179. The van der Waals surface area contributed by atoms with E-state index in [2.05, 4.69) is 46.5 Å². The lowest BCUT2D eigenvalue weighted by Crippen LogP contribution is -2.18. The molecule has 22 heavy (non-hydrogen) atoms. The molecule has 0 amide bonds. The van der Waals surface area contributed by atoms with Gasteiger partial charge in [-0.2, -0.15) is 0 Å². The Balaban J connectivity index is 1.70. The van der Waals surface area contributed by atoms with Crippen LogP contribution in [0.3, 0.4) is 0 Å². The summed E-state index contributed by atoms with van der Waals surface area (Å²) in [4.78, 5) is 4.41. The molecule has 0 saturated heterocycles. The number of tetrazole rings is 1. The van der Waals surface area contributed by atoms with Crippen molar-refractivity contribution in [3.05, 3.63) is 29.6 Å². The Morgan fingerprint density at radius 1 is 1.27 bits per heavy atom. The number of imidazole rings is 1. The van der Waals surface area contributed by atoms with Crippen LogP contribution in [-0.2, 0) is 13.6 Å². The van der Waals surface area contributed by atoms with Gasteiger partial charge in [0.2, 0.25) is 5.16 Å². The molecular weight excluding hydrogens is 300 g/mol. The molecule has 116 valence electrons. The van der Waals surface area contributed by atoms with E-state index < -0.39 is 6.10 Å². The van der Waals surface area contributed by atoms with Crippen molar-refractivity contribution >= 4 is 22.8 Å². The van der Waals surface area contributed by atoms with Crippen molar-refractivity contribution in [3.8, 4) is 0 Å². The predicted molar refractivity (Wildman–Crippen MR) is 84.7 cm³/mol. The van der Waals surface area contributed by atoms with Gasteiger partial charge in [0.25, 0.3) is 0 Å². The third-order valence-corrected chi connectivity index (χ3v) is 4.79. The van der Waals surface area contributed by atoms with Crippen LogP contribution < -0.4 is 0 Å². The Hall–Kier alpha value is -1.93. The van der Waals surface area contributed by atoms with Crippen LogP contribution in [-0.4, -0.2) is 46.7 Å². The fraction of sp³-hybridized carbons (Fsp3) is 0.429. The predicted octanol–water partition coefficient (Wildman–Crippen LogP) is 1.33. The Bertz CT molecular complexity index is 796. The summed E-state index contributed by atoms with van der Waals surface area (Å²) in [5, 5.41) is 22.2. The van der Waals surface area contributed by atoms with Crippen LogP contribution >= 0.6 is 11.8 Å². The molecule has 0 aliphatic rings. The standard InChI is InChI=1S/C14H18N6OS/c1-9-4-12-13(5-10(9)2)20(8-15-12)6-11(21)7-22-14-16-17-18-19(14)3/h4-5,8,11,21H,6-7H2,1-3H3. The molecule has 0 fully saturated rings. The number of aromatic nitrogens is 6. The highest BCUT2D eigenvalue weighted by atomic mass is 32.2. The molecule has 3 rings (SSSR count). The van der Waals surface area contributed by atoms with Gasteiger partial charge < -0.3 is 9.67 Å². The van der Waals surface area contributed by atoms with Crippen molar-refractivity contribution in [2.45, 2.75) is 31.7 Å². The van der Waals surface area contributed by atoms with Gasteiger partial charge in [0.05, 0.1) is 30.0 Å². The summed E-state index contributed by atoms with van der Waals surface area (Å²) in [6.45, 7) is 4.66. The molecule has 0 aliphatic heterocycles. The molecule has 2 aromatic heterocycles. The summed E-state index contributed by atoms with van der Waals surface area (Å²) in [6, 6.07) is 4.19. The monoisotopic (exact) mass is 318 g/mol. The number of hydrogen-bond donors (Lipinski definition) is 1. The number of nitrogens with zero attached hydrogens (tertiary/aromatic N) is 6. The zero-order valence-corrected chi connectivity index (χ0v) is 13.6. The number of aliphatic hydroxyl groups is 1. The second-order valence-corrected chi connectivity index (χ2v) is 6.36. The van der Waals surface area contributed by atoms with E-state index in [4.69, 9.17) is 0 Å². The summed E-state index contributed by atoms with van der Waals surface area (Å²) in [5.74, 6) is 0.527. The summed E-state index contributed by atoms with van der Waals surface area (Å²) >= 11 is 1.44. The minimum atomic E-state index is -0.499. The number of aryl methyl sites for hydroxylation is 3. The van der Waals surface area contributed by atoms with Crippen LogP contribution in [0.1, 0.15) is 11.1 Å². The van der Waals surface area contributed by atoms with E-state index >= 15 is 0 Å². The van der Waals surface area contributed by atoms with Crippen LogP contribution in [0, 0.1) is 13.8 Å². The lowest BCUT2D eigenvalue weighted by Gasteiger charge is -2.11. The Labute approximate surface area is 132 Å². The highest BCUT2D eigenvalue weighted by Crippen LogP contribution is 2.20. The number of thioether (sulfide) groups is 1. The summed E-state index contributed by atoms with van der Waals surface area (Å²) in [5.41, 5.74) is 4.46. The average molecular weight is 318 g/mol. The number of hydrogen-bond acceptors (Lipinski definition) is 6. The molecule has 2 heterocycles. The first-order valence-corrected chi connectivity index (χ1v) is 7.98. The number of fused-ring (bicyclic) bond motifs is 1. The van der Waals surface area contributed by atoms with Gasteiger partial charge in [0, 0.05) is 12.8 Å². The fourth-order valence-electron chi connectivity index (χ4n) is 2.25. The summed E-state index contributed by atoms with van der Waals surface area (Å²) in [7, 11) is 1.78. The highest BCUT2D eigenvalue weighted by Gasteiger charge is 2.12. The first-order chi connectivity index (χ1) is 10.5. The molecule has 0 saturated carbocycles. The van der Waals surface area contributed by atoms with Crippen LogP contribution in [0.5, 0.6) is 0 Å². The minimum Gasteiger partial charge on any atom is -0.390 e. The molecule has 0 aliphatic carbocycles. The van der Waals surface area contributed by atoms with Gasteiger partial charge in [-0.3, -0.25) is 0 Å². The molecule has 7 nitrogen and oxygen atoms in total. The van der Waals surface area contributed by atoms with Gasteiger partial charge in [-0.15, -0.1) is 5.10 Å². The SMILES string of the molecule is Cc1cc2ncn(CC(O)CSc3nnnn3C)c2cc1C. The minimum absolute atomic E-state index is 0.497. The van der Waals surface area contributed by atoms with Crippen LogP contribution in [0.25, 0.3) is 11.0 Å². The molecule has 0 bridgehead atoms. The Morgan fingerprint density at radius 3 is 2.77 bits per heavy atom. The maximum Gasteiger partial charge on any atom is 0.209 e. The molecule has 1 atom stereocenters. The maximum atomic E-state index is 10.2. The third-order valence-electron chi connectivity index (χ3n) is 3.63. The average Bonchev–Trinajstić information content (AvgIpc) is 3.05. The number of rotatable bonds is 5. The van der Waals surface area contributed by atoms with E-state index in [9.17, 15) is 5.11 Å². The molecule has 1 aromatic carbocycles. The molecule has 8 heteroatoms. The quantitative estimate of drug-likeness (QED) is 0.715. The highest BCUT2D eigenvalue weighted by molar-refractivity contribution is 7.99. The van der Waals surface area contributed by atoms with Gasteiger partial charge in [-0.1, -0.05) is 11.8 Å². The zero-order chi connectivity index (χ0) is 15.7. The van der Waals surface area contributed by atoms with E-state index in [1.165, 1.54) is 22.9 Å².